The predicted octanol–water partition coefficient (Wildman–Crippen LogP) is 27.4. The van der Waals surface area contributed by atoms with Gasteiger partial charge in [-0.1, -0.05) is 144 Å². The fourth-order valence-corrected chi connectivity index (χ4v) is 7.87. The van der Waals surface area contributed by atoms with E-state index in [1.807, 2.05) is 52.0 Å². The van der Waals surface area contributed by atoms with E-state index >= 15 is 0 Å². The molecule has 0 nitrogen and oxygen atoms in total. The zero-order chi connectivity index (χ0) is 78.9. The van der Waals surface area contributed by atoms with Crippen molar-refractivity contribution in [2.75, 3.05) is 0 Å². The molecule has 15 heteroatoms. The molecule has 0 atom stereocenters. The van der Waals surface area contributed by atoms with Gasteiger partial charge in [0.2, 0.25) is 0 Å². The fraction of sp³-hybridized carbons (Fsp3) is 0.250. The average Bonchev–Trinajstić information content (AvgIpc) is 0.837. The molecule has 11 rings (SSSR count). The highest BCUT2D eigenvalue weighted by molar-refractivity contribution is 5.30. The zero-order valence-electron chi connectivity index (χ0n) is 62.9. The first-order valence-corrected chi connectivity index (χ1v) is 32.6. The summed E-state index contributed by atoms with van der Waals surface area (Å²) in [5.41, 5.74) is 14.6. The third-order valence-corrected chi connectivity index (χ3v) is 15.1. The summed E-state index contributed by atoms with van der Waals surface area (Å²) in [4.78, 5) is 0. The minimum atomic E-state index is -1.09. The van der Waals surface area contributed by atoms with E-state index in [0.717, 1.165) is 28.3 Å². The van der Waals surface area contributed by atoms with Crippen LogP contribution in [0.15, 0.2) is 176 Å². The summed E-state index contributed by atoms with van der Waals surface area (Å²) in [5.74, 6) is -7.82. The van der Waals surface area contributed by atoms with Crippen molar-refractivity contribution in [1.29, 1.82) is 0 Å². The van der Waals surface area contributed by atoms with E-state index in [-0.39, 0.29) is 51.6 Å². The van der Waals surface area contributed by atoms with Crippen LogP contribution in [0.25, 0.3) is 0 Å². The van der Waals surface area contributed by atoms with Crippen LogP contribution in [0.4, 0.5) is 65.9 Å². The van der Waals surface area contributed by atoms with Crippen LogP contribution in [0.5, 0.6) is 0 Å². The number of halogens is 15. The van der Waals surface area contributed by atoms with Gasteiger partial charge in [0.1, 0.15) is 52.4 Å². The summed E-state index contributed by atoms with van der Waals surface area (Å²) in [5, 5.41) is 0. The molecule has 0 bridgehead atoms. The van der Waals surface area contributed by atoms with Crippen LogP contribution in [0.1, 0.15) is 122 Å². The molecule has 11 aromatic carbocycles. The molecular weight excluding hydrogens is 1340 g/mol. The maximum absolute atomic E-state index is 12.6. The zero-order valence-corrected chi connectivity index (χ0v) is 62.9. The third kappa shape index (κ3) is 34.3. The molecule has 0 spiro atoms. The van der Waals surface area contributed by atoms with Crippen molar-refractivity contribution in [3.05, 3.63) is 386 Å². The van der Waals surface area contributed by atoms with Crippen molar-refractivity contribution in [2.45, 2.75) is 152 Å². The van der Waals surface area contributed by atoms with Gasteiger partial charge in [0.25, 0.3) is 0 Å². The molecule has 0 saturated carbocycles. The third-order valence-electron chi connectivity index (χ3n) is 15.1. The fourth-order valence-electron chi connectivity index (χ4n) is 7.87. The Labute approximate surface area is 601 Å². The summed E-state index contributed by atoms with van der Waals surface area (Å²) in [6.07, 6.45) is 0. The van der Waals surface area contributed by atoms with Gasteiger partial charge in [-0.2, -0.15) is 0 Å². The molecule has 0 saturated heterocycles. The van der Waals surface area contributed by atoms with Gasteiger partial charge >= 0.3 is 0 Å². The van der Waals surface area contributed by atoms with Crippen LogP contribution in [-0.4, -0.2) is 0 Å². The average molecular weight is 1440 g/mol. The number of hydrogen-bond acceptors (Lipinski definition) is 0. The molecule has 0 fully saturated rings. The number of rotatable bonds is 0. The van der Waals surface area contributed by atoms with E-state index in [9.17, 15) is 65.9 Å². The van der Waals surface area contributed by atoms with Gasteiger partial charge in [0.05, 0.1) is 0 Å². The Morgan fingerprint density at radius 1 is 0.126 bits per heavy atom. The molecule has 0 radical (unpaired) electrons. The summed E-state index contributed by atoms with van der Waals surface area (Å²) in [6, 6.07) is 50.1. The van der Waals surface area contributed by atoms with Crippen molar-refractivity contribution < 1.29 is 65.9 Å². The van der Waals surface area contributed by atoms with Crippen LogP contribution in [0, 0.1) is 240 Å². The molecule has 103 heavy (non-hydrogen) atoms. The van der Waals surface area contributed by atoms with Crippen molar-refractivity contribution >= 4 is 0 Å². The van der Waals surface area contributed by atoms with Gasteiger partial charge in [-0.25, -0.2) is 65.9 Å². The first-order valence-electron chi connectivity index (χ1n) is 32.6. The molecule has 0 unspecified atom stereocenters. The van der Waals surface area contributed by atoms with Crippen molar-refractivity contribution in [3.8, 4) is 0 Å². The minimum absolute atomic E-state index is 0.00870. The maximum atomic E-state index is 12.6. The molecule has 0 aliphatic rings. The molecule has 0 aliphatic carbocycles. The van der Waals surface area contributed by atoms with Gasteiger partial charge in [0, 0.05) is 11.1 Å². The van der Waals surface area contributed by atoms with Gasteiger partial charge in [0.15, 0.2) is 34.9 Å². The van der Waals surface area contributed by atoms with E-state index in [2.05, 4.69) is 76.2 Å². The highest BCUT2D eigenvalue weighted by atomic mass is 19.2. The highest BCUT2D eigenvalue weighted by Gasteiger charge is 2.13. The van der Waals surface area contributed by atoms with E-state index in [1.54, 1.807) is 83.1 Å². The largest absolute Gasteiger partial charge is 0.207 e. The molecule has 552 valence electrons. The lowest BCUT2D eigenvalue weighted by molar-refractivity contribution is 0.480. The Balaban J connectivity index is 0.000000567. The number of benzene rings is 11. The number of hydrogen-bond donors (Lipinski definition) is 0. The second kappa shape index (κ2) is 45.4. The van der Waals surface area contributed by atoms with Crippen LogP contribution in [-0.2, 0) is 0 Å². The highest BCUT2D eigenvalue weighted by Crippen LogP contribution is 2.20. The molecule has 0 aliphatic heterocycles. The Morgan fingerprint density at radius 3 is 0.505 bits per heavy atom. The Morgan fingerprint density at radius 2 is 0.291 bits per heavy atom. The SMILES string of the molecule is Cc1cc(F)c(C)c(F)c1.Cc1cc(F)c(C)c(F)c1F.Cc1cc(F)c(C)cc1F.Cc1ccc(C)c(F)c1.Cc1ccc(C)c(F)c1.Cc1ccc(C)c(F)c1.Cc1ccc(C)c(F)c1.Cc1ccc(C)c(F)c1F.Cc1ccc(C)c(F)c1F.Cc1ccc(C)cc1.Cc1ccc(C)cc1. The Kier molecular flexibility index (Phi) is 40.3. The standard InChI is InChI=1S/C8H7F3.4C8H8F2.4C8H9F.2C8H10/c1-4-3-6(9)5(2)8(11)7(4)10;1-5-3-8(10)6(2)4-7(5)9;1-5-3-7(9)6(2)8(10)4-5;2*1-5-3-4-6(2)8(10)7(5)9;4*1-6-3-4-7(2)8(9)5-6;2*1-7-3-5-8(2)6-4-7/h3H,1-2H3;4*3-4H,1-2H3;4*3-5H,1-2H3;2*3-6H,1-2H3. The second-order valence-electron chi connectivity index (χ2n) is 25.1. The quantitative estimate of drug-likeness (QED) is 0.105. The second-order valence-corrected chi connectivity index (χ2v) is 25.1. The van der Waals surface area contributed by atoms with E-state index in [0.29, 0.717) is 61.2 Å². The van der Waals surface area contributed by atoms with Gasteiger partial charge in [-0.15, -0.1) is 0 Å². The Hall–Kier alpha value is -9.63. The van der Waals surface area contributed by atoms with Crippen molar-refractivity contribution in [2.24, 2.45) is 0 Å². The normalized spacial score (nSPS) is 9.80. The van der Waals surface area contributed by atoms with Crippen molar-refractivity contribution in [1.82, 2.24) is 0 Å². The van der Waals surface area contributed by atoms with Gasteiger partial charge in [-0.3, -0.25) is 0 Å². The molecule has 0 aromatic heterocycles. The van der Waals surface area contributed by atoms with Crippen LogP contribution < -0.4 is 0 Å². The van der Waals surface area contributed by atoms with E-state index in [1.165, 1.54) is 133 Å². The van der Waals surface area contributed by atoms with Crippen LogP contribution in [0.2, 0.25) is 0 Å². The molecule has 0 heterocycles. The lowest BCUT2D eigenvalue weighted by Gasteiger charge is -2.01. The topological polar surface area (TPSA) is 0 Å². The Bertz CT molecular complexity index is 3960. The molecule has 0 amide bonds. The first kappa shape index (κ1) is 91.4. The van der Waals surface area contributed by atoms with E-state index < -0.39 is 52.4 Å². The van der Waals surface area contributed by atoms with Crippen LogP contribution in [0.3, 0.4) is 0 Å². The summed E-state index contributed by atoms with van der Waals surface area (Å²) in [7, 11) is 0. The minimum Gasteiger partial charge on any atom is -0.207 e. The lowest BCUT2D eigenvalue weighted by Crippen LogP contribution is -1.96. The summed E-state index contributed by atoms with van der Waals surface area (Å²) in [6.45, 7) is 37.8. The number of aryl methyl sites for hydroxylation is 20. The van der Waals surface area contributed by atoms with E-state index in [4.69, 9.17) is 0 Å². The first-order chi connectivity index (χ1) is 47.9. The molecule has 11 aromatic rings. The smallest absolute Gasteiger partial charge is 0.164 e. The lowest BCUT2D eigenvalue weighted by atomic mass is 10.1. The molecular formula is C88H95F15. The summed E-state index contributed by atoms with van der Waals surface area (Å²) >= 11 is 0. The molecule has 0 N–H and O–H groups in total. The van der Waals surface area contributed by atoms with Gasteiger partial charge < -0.3 is 0 Å². The predicted molar refractivity (Wildman–Crippen MR) is 394 cm³/mol. The monoisotopic (exact) mass is 1440 g/mol. The summed E-state index contributed by atoms with van der Waals surface area (Å²) < 4.78 is 189. The van der Waals surface area contributed by atoms with Gasteiger partial charge in [-0.05, 0) is 296 Å². The van der Waals surface area contributed by atoms with Crippen LogP contribution >= 0.6 is 0 Å². The maximum Gasteiger partial charge on any atom is 0.164 e. The van der Waals surface area contributed by atoms with Crippen molar-refractivity contribution in [3.63, 3.8) is 0 Å².